The van der Waals surface area contributed by atoms with Crippen molar-refractivity contribution in [2.24, 2.45) is 0 Å². The number of urea groups is 1. The summed E-state index contributed by atoms with van der Waals surface area (Å²) in [6, 6.07) is 14.0. The van der Waals surface area contributed by atoms with Gasteiger partial charge in [-0.3, -0.25) is 0 Å². The fraction of sp³-hybridized carbons (Fsp3) is 0.435. The lowest BCUT2D eigenvalue weighted by Gasteiger charge is -2.21. The Kier molecular flexibility index (Phi) is 7.18. The van der Waals surface area contributed by atoms with Gasteiger partial charge in [0.1, 0.15) is 12.4 Å². The standard InChI is InChI=1S/C23H31N3O2/c1-3-26(4-2)20-14-12-19(13-15-20)25-23(27)24-16-17-28-22-11-7-9-18-8-5-6-10-21(18)22/h7,9,11-15H,3-6,8,10,16-17H2,1-2H3,(H2,24,25,27). The predicted octanol–water partition coefficient (Wildman–Crippen LogP) is 4.61. The molecule has 2 aromatic rings. The number of hydrogen-bond donors (Lipinski definition) is 2. The van der Waals surface area contributed by atoms with E-state index in [1.807, 2.05) is 30.3 Å². The molecule has 28 heavy (non-hydrogen) atoms. The summed E-state index contributed by atoms with van der Waals surface area (Å²) in [5.74, 6) is 0.964. The molecule has 5 nitrogen and oxygen atoms in total. The molecular weight excluding hydrogens is 350 g/mol. The molecule has 0 bridgehead atoms. The number of rotatable bonds is 8. The number of nitrogens with one attached hydrogen (secondary N) is 2. The van der Waals surface area contributed by atoms with Crippen LogP contribution in [0.15, 0.2) is 42.5 Å². The topological polar surface area (TPSA) is 53.6 Å². The zero-order valence-electron chi connectivity index (χ0n) is 17.0. The van der Waals surface area contributed by atoms with Crippen molar-refractivity contribution in [1.29, 1.82) is 0 Å². The average molecular weight is 382 g/mol. The minimum Gasteiger partial charge on any atom is -0.491 e. The van der Waals surface area contributed by atoms with Crippen molar-refractivity contribution in [2.75, 3.05) is 36.5 Å². The number of aryl methyl sites for hydroxylation is 1. The summed E-state index contributed by atoms with van der Waals surface area (Å²) in [5.41, 5.74) is 4.69. The molecule has 150 valence electrons. The fourth-order valence-corrected chi connectivity index (χ4v) is 3.73. The lowest BCUT2D eigenvalue weighted by molar-refractivity contribution is 0.247. The van der Waals surface area contributed by atoms with Crippen molar-refractivity contribution < 1.29 is 9.53 Å². The number of ether oxygens (including phenoxy) is 1. The number of carbonyl (C=O) groups is 1. The number of anilines is 2. The molecule has 0 saturated carbocycles. The Hall–Kier alpha value is -2.69. The Morgan fingerprint density at radius 3 is 2.54 bits per heavy atom. The number of hydrogen-bond acceptors (Lipinski definition) is 3. The van der Waals surface area contributed by atoms with Gasteiger partial charge in [-0.2, -0.15) is 0 Å². The van der Waals surface area contributed by atoms with Gasteiger partial charge in [0.2, 0.25) is 0 Å². The van der Waals surface area contributed by atoms with Gasteiger partial charge in [0.15, 0.2) is 0 Å². The predicted molar refractivity (Wildman–Crippen MR) is 116 cm³/mol. The summed E-state index contributed by atoms with van der Waals surface area (Å²) < 4.78 is 5.92. The highest BCUT2D eigenvalue weighted by atomic mass is 16.5. The van der Waals surface area contributed by atoms with Crippen molar-refractivity contribution in [2.45, 2.75) is 39.5 Å². The average Bonchev–Trinajstić information content (AvgIpc) is 2.73. The maximum absolute atomic E-state index is 12.1. The van der Waals surface area contributed by atoms with Gasteiger partial charge in [-0.25, -0.2) is 4.79 Å². The third-order valence-corrected chi connectivity index (χ3v) is 5.25. The van der Waals surface area contributed by atoms with Crippen LogP contribution in [0.1, 0.15) is 37.8 Å². The van der Waals surface area contributed by atoms with Gasteiger partial charge >= 0.3 is 6.03 Å². The first-order chi connectivity index (χ1) is 13.7. The molecule has 1 aliphatic rings. The van der Waals surface area contributed by atoms with E-state index in [1.165, 1.54) is 24.0 Å². The Morgan fingerprint density at radius 1 is 1.04 bits per heavy atom. The van der Waals surface area contributed by atoms with Gasteiger partial charge in [-0.1, -0.05) is 12.1 Å². The second kappa shape index (κ2) is 10.0. The Balaban J connectivity index is 1.43. The van der Waals surface area contributed by atoms with E-state index in [2.05, 4.69) is 41.5 Å². The van der Waals surface area contributed by atoms with E-state index in [0.717, 1.165) is 43.1 Å². The van der Waals surface area contributed by atoms with Crippen LogP contribution in [-0.4, -0.2) is 32.3 Å². The van der Waals surface area contributed by atoms with E-state index >= 15 is 0 Å². The molecule has 0 aliphatic heterocycles. The summed E-state index contributed by atoms with van der Waals surface area (Å²) in [7, 11) is 0. The molecule has 0 heterocycles. The normalized spacial score (nSPS) is 12.8. The molecule has 1 aliphatic carbocycles. The van der Waals surface area contributed by atoms with Gasteiger partial charge in [0.25, 0.3) is 0 Å². The van der Waals surface area contributed by atoms with E-state index < -0.39 is 0 Å². The molecule has 0 fully saturated rings. The number of nitrogens with zero attached hydrogens (tertiary/aromatic N) is 1. The van der Waals surface area contributed by atoms with Crippen molar-refractivity contribution >= 4 is 17.4 Å². The van der Waals surface area contributed by atoms with Gasteiger partial charge in [-0.05, 0) is 81.0 Å². The van der Waals surface area contributed by atoms with E-state index in [9.17, 15) is 4.79 Å². The van der Waals surface area contributed by atoms with Crippen LogP contribution in [0.25, 0.3) is 0 Å². The molecular formula is C23H31N3O2. The zero-order valence-corrected chi connectivity index (χ0v) is 17.0. The number of benzene rings is 2. The van der Waals surface area contributed by atoms with Gasteiger partial charge < -0.3 is 20.3 Å². The van der Waals surface area contributed by atoms with Crippen LogP contribution in [0.5, 0.6) is 5.75 Å². The SMILES string of the molecule is CCN(CC)c1ccc(NC(=O)NCCOc2cccc3c2CCCC3)cc1. The van der Waals surface area contributed by atoms with Crippen molar-refractivity contribution in [3.8, 4) is 5.75 Å². The maximum atomic E-state index is 12.1. The minimum atomic E-state index is -0.214. The first-order valence-corrected chi connectivity index (χ1v) is 10.3. The number of fused-ring (bicyclic) bond motifs is 1. The Labute approximate surface area is 168 Å². The molecule has 2 aromatic carbocycles. The third-order valence-electron chi connectivity index (χ3n) is 5.25. The number of carbonyl (C=O) groups excluding carboxylic acids is 1. The Morgan fingerprint density at radius 2 is 1.79 bits per heavy atom. The van der Waals surface area contributed by atoms with Crippen LogP contribution in [0.4, 0.5) is 16.2 Å². The molecule has 0 spiro atoms. The van der Waals surface area contributed by atoms with Gasteiger partial charge in [-0.15, -0.1) is 0 Å². The second-order valence-corrected chi connectivity index (χ2v) is 7.05. The molecule has 0 unspecified atom stereocenters. The highest BCUT2D eigenvalue weighted by molar-refractivity contribution is 5.89. The maximum Gasteiger partial charge on any atom is 0.319 e. The zero-order chi connectivity index (χ0) is 19.8. The fourth-order valence-electron chi connectivity index (χ4n) is 3.73. The summed E-state index contributed by atoms with van der Waals surface area (Å²) in [6.07, 6.45) is 4.71. The number of amides is 2. The van der Waals surface area contributed by atoms with Crippen LogP contribution in [0, 0.1) is 0 Å². The summed E-state index contributed by atoms with van der Waals surface area (Å²) >= 11 is 0. The molecule has 0 saturated heterocycles. The van der Waals surface area contributed by atoms with E-state index in [1.54, 1.807) is 0 Å². The van der Waals surface area contributed by atoms with Crippen molar-refractivity contribution in [3.05, 3.63) is 53.6 Å². The second-order valence-electron chi connectivity index (χ2n) is 7.05. The summed E-state index contributed by atoms with van der Waals surface area (Å²) in [5, 5.41) is 5.72. The molecule has 0 atom stereocenters. The van der Waals surface area contributed by atoms with Crippen LogP contribution < -0.4 is 20.3 Å². The van der Waals surface area contributed by atoms with Gasteiger partial charge in [0.05, 0.1) is 6.54 Å². The highest BCUT2D eigenvalue weighted by Crippen LogP contribution is 2.29. The first kappa shape index (κ1) is 20.1. The molecule has 0 aromatic heterocycles. The largest absolute Gasteiger partial charge is 0.491 e. The molecule has 3 rings (SSSR count). The van der Waals surface area contributed by atoms with Crippen molar-refractivity contribution in [1.82, 2.24) is 5.32 Å². The first-order valence-electron chi connectivity index (χ1n) is 10.3. The van der Waals surface area contributed by atoms with Crippen LogP contribution in [-0.2, 0) is 12.8 Å². The van der Waals surface area contributed by atoms with E-state index in [4.69, 9.17) is 4.74 Å². The molecule has 2 amide bonds. The molecule has 5 heteroatoms. The lowest BCUT2D eigenvalue weighted by Crippen LogP contribution is -2.32. The lowest BCUT2D eigenvalue weighted by atomic mass is 9.91. The third kappa shape index (κ3) is 5.18. The summed E-state index contributed by atoms with van der Waals surface area (Å²) in [4.78, 5) is 14.4. The molecule has 0 radical (unpaired) electrons. The van der Waals surface area contributed by atoms with Crippen molar-refractivity contribution in [3.63, 3.8) is 0 Å². The quantitative estimate of drug-likeness (QED) is 0.657. The Bertz CT molecular complexity index is 770. The minimum absolute atomic E-state index is 0.214. The molecule has 2 N–H and O–H groups in total. The summed E-state index contributed by atoms with van der Waals surface area (Å²) in [6.45, 7) is 7.13. The van der Waals surface area contributed by atoms with E-state index in [-0.39, 0.29) is 6.03 Å². The van der Waals surface area contributed by atoms with E-state index in [0.29, 0.717) is 13.2 Å². The monoisotopic (exact) mass is 381 g/mol. The van der Waals surface area contributed by atoms with Crippen LogP contribution >= 0.6 is 0 Å². The van der Waals surface area contributed by atoms with Crippen LogP contribution in [0.2, 0.25) is 0 Å². The highest BCUT2D eigenvalue weighted by Gasteiger charge is 2.13. The van der Waals surface area contributed by atoms with Crippen LogP contribution in [0.3, 0.4) is 0 Å². The smallest absolute Gasteiger partial charge is 0.319 e. The van der Waals surface area contributed by atoms with Gasteiger partial charge in [0, 0.05) is 24.5 Å².